The number of hydrogen-bond acceptors (Lipinski definition) is 4. The zero-order chi connectivity index (χ0) is 20.5. The van der Waals surface area contributed by atoms with Gasteiger partial charge in [0, 0.05) is 23.7 Å². The molecule has 6 heteroatoms. The van der Waals surface area contributed by atoms with Crippen LogP contribution in [0.25, 0.3) is 0 Å². The fourth-order valence-corrected chi connectivity index (χ4v) is 2.78. The number of hydrogen-bond donors (Lipinski definition) is 2. The number of ether oxygens (including phenoxy) is 1. The Labute approximate surface area is 166 Å². The number of rotatable bonds is 8. The SMILES string of the molecule is CCOc1ccc(C(=O)NNC(=O)c2ccc(CN(CC)C(C)C)cc2)cc1. The highest BCUT2D eigenvalue weighted by atomic mass is 16.5. The Morgan fingerprint density at radius 3 is 1.82 bits per heavy atom. The zero-order valence-corrected chi connectivity index (χ0v) is 17.0. The predicted octanol–water partition coefficient (Wildman–Crippen LogP) is 3.39. The van der Waals surface area contributed by atoms with Gasteiger partial charge in [0.15, 0.2) is 0 Å². The predicted molar refractivity (Wildman–Crippen MR) is 110 cm³/mol. The smallest absolute Gasteiger partial charge is 0.269 e. The fourth-order valence-electron chi connectivity index (χ4n) is 2.78. The Bertz CT molecular complexity index is 771. The highest BCUT2D eigenvalue weighted by Crippen LogP contribution is 2.12. The van der Waals surface area contributed by atoms with Gasteiger partial charge in [0.2, 0.25) is 0 Å². The summed E-state index contributed by atoms with van der Waals surface area (Å²) in [4.78, 5) is 26.8. The summed E-state index contributed by atoms with van der Waals surface area (Å²) in [5, 5.41) is 0. The van der Waals surface area contributed by atoms with E-state index >= 15 is 0 Å². The molecule has 2 amide bonds. The number of hydrazine groups is 1. The Hall–Kier alpha value is -2.86. The monoisotopic (exact) mass is 383 g/mol. The van der Waals surface area contributed by atoms with Crippen LogP contribution in [0.3, 0.4) is 0 Å². The minimum absolute atomic E-state index is 0.359. The van der Waals surface area contributed by atoms with Crippen molar-refractivity contribution in [2.24, 2.45) is 0 Å². The molecule has 0 aliphatic rings. The molecule has 0 saturated carbocycles. The maximum atomic E-state index is 12.3. The van der Waals surface area contributed by atoms with Crippen LogP contribution in [-0.2, 0) is 6.54 Å². The summed E-state index contributed by atoms with van der Waals surface area (Å²) in [5.41, 5.74) is 6.95. The maximum Gasteiger partial charge on any atom is 0.269 e. The molecule has 2 rings (SSSR count). The molecule has 0 spiro atoms. The van der Waals surface area contributed by atoms with Crippen molar-refractivity contribution >= 4 is 11.8 Å². The summed E-state index contributed by atoms with van der Waals surface area (Å²) >= 11 is 0. The molecule has 28 heavy (non-hydrogen) atoms. The van der Waals surface area contributed by atoms with Crippen molar-refractivity contribution in [2.75, 3.05) is 13.2 Å². The lowest BCUT2D eigenvalue weighted by atomic mass is 10.1. The van der Waals surface area contributed by atoms with Gasteiger partial charge < -0.3 is 4.74 Å². The molecule has 0 unspecified atom stereocenters. The van der Waals surface area contributed by atoms with Gasteiger partial charge in [-0.15, -0.1) is 0 Å². The van der Waals surface area contributed by atoms with Crippen molar-refractivity contribution in [1.29, 1.82) is 0 Å². The van der Waals surface area contributed by atoms with E-state index < -0.39 is 0 Å². The Kier molecular flexibility index (Phi) is 8.02. The third-order valence-electron chi connectivity index (χ3n) is 4.46. The van der Waals surface area contributed by atoms with Gasteiger partial charge in [0.05, 0.1) is 6.61 Å². The largest absolute Gasteiger partial charge is 0.494 e. The first-order valence-corrected chi connectivity index (χ1v) is 9.61. The topological polar surface area (TPSA) is 70.7 Å². The van der Waals surface area contributed by atoms with Crippen LogP contribution in [0.15, 0.2) is 48.5 Å². The molecule has 0 aliphatic heterocycles. The maximum absolute atomic E-state index is 12.3. The van der Waals surface area contributed by atoms with E-state index in [4.69, 9.17) is 4.74 Å². The molecular formula is C22H29N3O3. The third kappa shape index (κ3) is 6.09. The number of benzene rings is 2. The molecule has 0 bridgehead atoms. The van der Waals surface area contributed by atoms with E-state index in [9.17, 15) is 9.59 Å². The number of nitrogens with one attached hydrogen (secondary N) is 2. The molecule has 0 aliphatic carbocycles. The minimum Gasteiger partial charge on any atom is -0.494 e. The van der Waals surface area contributed by atoms with Gasteiger partial charge in [0.25, 0.3) is 11.8 Å². The number of nitrogens with zero attached hydrogens (tertiary/aromatic N) is 1. The normalized spacial score (nSPS) is 10.8. The van der Waals surface area contributed by atoms with Crippen LogP contribution in [0.2, 0.25) is 0 Å². The van der Waals surface area contributed by atoms with Crippen molar-refractivity contribution in [3.63, 3.8) is 0 Å². The zero-order valence-electron chi connectivity index (χ0n) is 17.0. The second-order valence-corrected chi connectivity index (χ2v) is 6.72. The molecule has 0 heterocycles. The Balaban J connectivity index is 1.89. The van der Waals surface area contributed by atoms with Gasteiger partial charge >= 0.3 is 0 Å². The molecule has 2 N–H and O–H groups in total. The summed E-state index contributed by atoms with van der Waals surface area (Å²) in [7, 11) is 0. The van der Waals surface area contributed by atoms with Crippen molar-refractivity contribution in [3.8, 4) is 5.75 Å². The van der Waals surface area contributed by atoms with Crippen LogP contribution in [0, 0.1) is 0 Å². The van der Waals surface area contributed by atoms with Crippen LogP contribution < -0.4 is 15.6 Å². The van der Waals surface area contributed by atoms with Crippen molar-refractivity contribution < 1.29 is 14.3 Å². The van der Waals surface area contributed by atoms with E-state index in [1.807, 2.05) is 19.1 Å². The molecule has 0 aromatic heterocycles. The molecule has 2 aromatic carbocycles. The fraction of sp³-hybridized carbons (Fsp3) is 0.364. The highest BCUT2D eigenvalue weighted by molar-refractivity contribution is 5.99. The van der Waals surface area contributed by atoms with Gasteiger partial charge in [-0.05, 0) is 69.3 Å². The molecular weight excluding hydrogens is 354 g/mol. The lowest BCUT2D eigenvalue weighted by Crippen LogP contribution is -2.41. The van der Waals surface area contributed by atoms with Crippen molar-refractivity contribution in [3.05, 3.63) is 65.2 Å². The van der Waals surface area contributed by atoms with Gasteiger partial charge in [-0.2, -0.15) is 0 Å². The lowest BCUT2D eigenvalue weighted by molar-refractivity contribution is 0.0846. The first-order valence-electron chi connectivity index (χ1n) is 9.61. The van der Waals surface area contributed by atoms with E-state index in [2.05, 4.69) is 36.5 Å². The van der Waals surface area contributed by atoms with E-state index in [1.165, 1.54) is 0 Å². The van der Waals surface area contributed by atoms with E-state index in [1.54, 1.807) is 36.4 Å². The van der Waals surface area contributed by atoms with Crippen LogP contribution in [0.5, 0.6) is 5.75 Å². The third-order valence-corrected chi connectivity index (χ3v) is 4.46. The lowest BCUT2D eigenvalue weighted by Gasteiger charge is -2.24. The Morgan fingerprint density at radius 2 is 1.39 bits per heavy atom. The summed E-state index contributed by atoms with van der Waals surface area (Å²) in [6, 6.07) is 14.6. The van der Waals surface area contributed by atoms with Crippen molar-refractivity contribution in [2.45, 2.75) is 40.3 Å². The average molecular weight is 383 g/mol. The van der Waals surface area contributed by atoms with E-state index in [0.29, 0.717) is 29.5 Å². The molecule has 6 nitrogen and oxygen atoms in total. The molecule has 0 saturated heterocycles. The first kappa shape index (κ1) is 21.4. The Morgan fingerprint density at radius 1 is 0.893 bits per heavy atom. The van der Waals surface area contributed by atoms with Crippen LogP contribution >= 0.6 is 0 Å². The summed E-state index contributed by atoms with van der Waals surface area (Å²) in [6.45, 7) is 10.7. The van der Waals surface area contributed by atoms with Gasteiger partial charge in [-0.25, -0.2) is 0 Å². The second kappa shape index (κ2) is 10.5. The summed E-state index contributed by atoms with van der Waals surface area (Å²) < 4.78 is 5.35. The molecule has 0 atom stereocenters. The van der Waals surface area contributed by atoms with Gasteiger partial charge in [-0.1, -0.05) is 19.1 Å². The second-order valence-electron chi connectivity index (χ2n) is 6.72. The minimum atomic E-state index is -0.386. The van der Waals surface area contributed by atoms with Crippen molar-refractivity contribution in [1.82, 2.24) is 15.8 Å². The van der Waals surface area contributed by atoms with Gasteiger partial charge in [-0.3, -0.25) is 25.3 Å². The number of carbonyl (C=O) groups excluding carboxylic acids is 2. The molecule has 150 valence electrons. The van der Waals surface area contributed by atoms with Crippen LogP contribution in [-0.4, -0.2) is 35.9 Å². The summed E-state index contributed by atoms with van der Waals surface area (Å²) in [6.07, 6.45) is 0. The molecule has 2 aromatic rings. The highest BCUT2D eigenvalue weighted by Gasteiger charge is 2.11. The van der Waals surface area contributed by atoms with E-state index in [0.717, 1.165) is 18.7 Å². The standard InChI is InChI=1S/C22H29N3O3/c1-5-25(16(3)4)15-17-7-9-18(10-8-17)21(26)23-24-22(27)19-11-13-20(14-12-19)28-6-2/h7-14,16H,5-6,15H2,1-4H3,(H,23,26)(H,24,27). The molecule has 0 radical (unpaired) electrons. The first-order chi connectivity index (χ1) is 13.4. The number of amides is 2. The van der Waals surface area contributed by atoms with Gasteiger partial charge in [0.1, 0.15) is 5.75 Å². The van der Waals surface area contributed by atoms with Crippen LogP contribution in [0.4, 0.5) is 0 Å². The average Bonchev–Trinajstić information content (AvgIpc) is 2.71. The van der Waals surface area contributed by atoms with E-state index in [-0.39, 0.29) is 11.8 Å². The summed E-state index contributed by atoms with van der Waals surface area (Å²) in [5.74, 6) is -0.0483. The van der Waals surface area contributed by atoms with Crippen LogP contribution in [0.1, 0.15) is 54.0 Å². The quantitative estimate of drug-likeness (QED) is 0.686. The molecule has 0 fully saturated rings. The number of carbonyl (C=O) groups is 2.